The van der Waals surface area contributed by atoms with Gasteiger partial charge >= 0.3 is 0 Å². The predicted octanol–water partition coefficient (Wildman–Crippen LogP) is 10.1. The zero-order valence-corrected chi connectivity index (χ0v) is 24.6. The van der Waals surface area contributed by atoms with E-state index in [0.29, 0.717) is 11.7 Å². The molecule has 0 heterocycles. The van der Waals surface area contributed by atoms with Gasteiger partial charge < -0.3 is 5.11 Å². The lowest BCUT2D eigenvalue weighted by molar-refractivity contribution is 0.330. The van der Waals surface area contributed by atoms with E-state index in [1.807, 2.05) is 18.2 Å². The molecule has 206 valence electrons. The summed E-state index contributed by atoms with van der Waals surface area (Å²) in [6.45, 7) is 8.79. The summed E-state index contributed by atoms with van der Waals surface area (Å²) in [6.07, 6.45) is 11.9. The summed E-state index contributed by atoms with van der Waals surface area (Å²) in [5.41, 5.74) is 10.8. The SMILES string of the molecule is CC(C)(C)c1cccc(/C=N/c2ccc(CCC(C)(C3=CCC=C3)C3c4ccccc4-c4ccccc43)cc2)c1O. The minimum atomic E-state index is -0.128. The second-order valence-corrected chi connectivity index (χ2v) is 12.7. The molecule has 2 aliphatic carbocycles. The van der Waals surface area contributed by atoms with E-state index in [-0.39, 0.29) is 10.8 Å². The molecule has 1 N–H and O–H groups in total. The predicted molar refractivity (Wildman–Crippen MR) is 172 cm³/mol. The highest BCUT2D eigenvalue weighted by atomic mass is 16.3. The van der Waals surface area contributed by atoms with Crippen molar-refractivity contribution in [1.82, 2.24) is 0 Å². The fourth-order valence-electron chi connectivity index (χ4n) is 6.75. The van der Waals surface area contributed by atoms with Gasteiger partial charge in [0.15, 0.2) is 0 Å². The van der Waals surface area contributed by atoms with Gasteiger partial charge in [-0.3, -0.25) is 4.99 Å². The van der Waals surface area contributed by atoms with Crippen LogP contribution >= 0.6 is 0 Å². The van der Waals surface area contributed by atoms with E-state index in [4.69, 9.17) is 0 Å². The molecule has 0 aromatic heterocycles. The van der Waals surface area contributed by atoms with E-state index in [0.717, 1.165) is 36.1 Å². The summed E-state index contributed by atoms with van der Waals surface area (Å²) in [5.74, 6) is 0.634. The summed E-state index contributed by atoms with van der Waals surface area (Å²) in [7, 11) is 0. The Labute approximate surface area is 244 Å². The molecule has 0 spiro atoms. The van der Waals surface area contributed by atoms with Crippen molar-refractivity contribution in [3.8, 4) is 16.9 Å². The van der Waals surface area contributed by atoms with Crippen molar-refractivity contribution in [3.05, 3.63) is 143 Å². The molecule has 0 saturated heterocycles. The summed E-state index contributed by atoms with van der Waals surface area (Å²) in [4.78, 5) is 4.68. The van der Waals surface area contributed by atoms with Crippen LogP contribution in [0, 0.1) is 5.41 Å². The molecule has 4 aromatic carbocycles. The van der Waals surface area contributed by atoms with Crippen LogP contribution in [0.3, 0.4) is 0 Å². The van der Waals surface area contributed by atoms with Gasteiger partial charge in [-0.25, -0.2) is 0 Å². The first-order valence-electron chi connectivity index (χ1n) is 14.8. The van der Waals surface area contributed by atoms with Crippen molar-refractivity contribution < 1.29 is 5.11 Å². The quantitative estimate of drug-likeness (QED) is 0.234. The fraction of sp³-hybridized carbons (Fsp3) is 0.256. The van der Waals surface area contributed by atoms with Gasteiger partial charge in [-0.2, -0.15) is 0 Å². The third-order valence-electron chi connectivity index (χ3n) is 9.00. The Bertz CT molecular complexity index is 1620. The van der Waals surface area contributed by atoms with Gasteiger partial charge in [0.25, 0.3) is 0 Å². The number of nitrogens with zero attached hydrogens (tertiary/aromatic N) is 1. The molecule has 1 atom stereocenters. The lowest BCUT2D eigenvalue weighted by atomic mass is 9.65. The van der Waals surface area contributed by atoms with Crippen molar-refractivity contribution in [3.63, 3.8) is 0 Å². The van der Waals surface area contributed by atoms with Crippen LogP contribution in [-0.4, -0.2) is 11.3 Å². The minimum absolute atomic E-state index is 0.0257. The highest BCUT2D eigenvalue weighted by molar-refractivity contribution is 5.86. The van der Waals surface area contributed by atoms with Crippen LogP contribution in [-0.2, 0) is 11.8 Å². The minimum Gasteiger partial charge on any atom is -0.507 e. The highest BCUT2D eigenvalue weighted by Gasteiger charge is 2.43. The molecule has 0 radical (unpaired) electrons. The van der Waals surface area contributed by atoms with Crippen LogP contribution in [0.2, 0.25) is 0 Å². The van der Waals surface area contributed by atoms with Crippen molar-refractivity contribution in [1.29, 1.82) is 0 Å². The number of allylic oxidation sites excluding steroid dienone is 4. The van der Waals surface area contributed by atoms with Gasteiger partial charge in [0, 0.05) is 23.1 Å². The third kappa shape index (κ3) is 5.08. The van der Waals surface area contributed by atoms with E-state index in [9.17, 15) is 5.11 Å². The van der Waals surface area contributed by atoms with Gasteiger partial charge in [-0.15, -0.1) is 0 Å². The standard InChI is InChI=1S/C39H39NO/c1-38(2,3)35-19-11-12-28(37(35)41)26-40-30-22-20-27(21-23-30)24-25-39(4,29-13-5-6-14-29)36-33-17-9-7-15-31(33)32-16-8-10-18-34(32)36/h5,7-23,26,36,41H,6,24-25H2,1-4H3/b40-26+. The Kier molecular flexibility index (Phi) is 7.03. The van der Waals surface area contributed by atoms with Gasteiger partial charge in [0.2, 0.25) is 0 Å². The van der Waals surface area contributed by atoms with Crippen molar-refractivity contribution >= 4 is 11.9 Å². The summed E-state index contributed by atoms with van der Waals surface area (Å²) >= 11 is 0. The third-order valence-corrected chi connectivity index (χ3v) is 9.00. The topological polar surface area (TPSA) is 32.6 Å². The molecule has 1 unspecified atom stereocenters. The molecule has 2 aliphatic rings. The van der Waals surface area contributed by atoms with Crippen LogP contribution in [0.15, 0.2) is 120 Å². The van der Waals surface area contributed by atoms with Crippen molar-refractivity contribution in [2.75, 3.05) is 0 Å². The highest BCUT2D eigenvalue weighted by Crippen LogP contribution is 2.57. The van der Waals surface area contributed by atoms with E-state index < -0.39 is 0 Å². The average molecular weight is 538 g/mol. The summed E-state index contributed by atoms with van der Waals surface area (Å²) < 4.78 is 0. The molecule has 2 nitrogen and oxygen atoms in total. The summed E-state index contributed by atoms with van der Waals surface area (Å²) in [5, 5.41) is 10.8. The molecular formula is C39H39NO. The van der Waals surface area contributed by atoms with E-state index in [2.05, 4.69) is 124 Å². The number of phenols is 1. The first-order valence-corrected chi connectivity index (χ1v) is 14.8. The maximum absolute atomic E-state index is 10.8. The molecule has 0 aliphatic heterocycles. The van der Waals surface area contributed by atoms with Crippen LogP contribution in [0.1, 0.15) is 74.3 Å². The first-order chi connectivity index (χ1) is 19.8. The number of aromatic hydroxyl groups is 1. The van der Waals surface area contributed by atoms with E-state index in [1.165, 1.54) is 33.4 Å². The maximum Gasteiger partial charge on any atom is 0.128 e. The Morgan fingerprint density at radius 3 is 2.07 bits per heavy atom. The normalized spacial score (nSPS) is 16.0. The van der Waals surface area contributed by atoms with Crippen molar-refractivity contribution in [2.24, 2.45) is 10.4 Å². The number of hydrogen-bond donors (Lipinski definition) is 1. The number of aliphatic imine (C=N–C) groups is 1. The Hall–Kier alpha value is -4.17. The second kappa shape index (κ2) is 10.7. The monoisotopic (exact) mass is 537 g/mol. The van der Waals surface area contributed by atoms with Gasteiger partial charge in [-0.05, 0) is 81.8 Å². The Morgan fingerprint density at radius 1 is 0.805 bits per heavy atom. The number of rotatable bonds is 7. The first kappa shape index (κ1) is 27.0. The number of para-hydroxylation sites is 1. The van der Waals surface area contributed by atoms with Crippen LogP contribution in [0.4, 0.5) is 5.69 Å². The smallest absolute Gasteiger partial charge is 0.128 e. The Balaban J connectivity index is 1.25. The zero-order valence-electron chi connectivity index (χ0n) is 24.6. The number of aryl methyl sites for hydroxylation is 1. The molecule has 0 bridgehead atoms. The van der Waals surface area contributed by atoms with Crippen molar-refractivity contribution in [2.45, 2.75) is 58.3 Å². The number of benzene rings is 4. The average Bonchev–Trinajstić information content (AvgIpc) is 3.63. The zero-order chi connectivity index (χ0) is 28.6. The van der Waals surface area contributed by atoms with Crippen LogP contribution in [0.25, 0.3) is 11.1 Å². The molecule has 4 aromatic rings. The van der Waals surface area contributed by atoms with E-state index in [1.54, 1.807) is 6.21 Å². The van der Waals surface area contributed by atoms with Gasteiger partial charge in [0.05, 0.1) is 5.69 Å². The number of phenolic OH excluding ortho intramolecular Hbond substituents is 1. The molecule has 41 heavy (non-hydrogen) atoms. The molecule has 0 saturated carbocycles. The second-order valence-electron chi connectivity index (χ2n) is 12.7. The molecule has 0 amide bonds. The van der Waals surface area contributed by atoms with Gasteiger partial charge in [-0.1, -0.05) is 119 Å². The summed E-state index contributed by atoms with van der Waals surface area (Å²) in [6, 6.07) is 32.4. The lowest BCUT2D eigenvalue weighted by Gasteiger charge is -2.38. The largest absolute Gasteiger partial charge is 0.507 e. The molecular weight excluding hydrogens is 498 g/mol. The Morgan fingerprint density at radius 2 is 1.46 bits per heavy atom. The van der Waals surface area contributed by atoms with Gasteiger partial charge in [0.1, 0.15) is 5.75 Å². The number of fused-ring (bicyclic) bond motifs is 3. The molecule has 0 fully saturated rings. The fourth-order valence-corrected chi connectivity index (χ4v) is 6.75. The lowest BCUT2D eigenvalue weighted by Crippen LogP contribution is -2.28. The van der Waals surface area contributed by atoms with E-state index >= 15 is 0 Å². The molecule has 2 heteroatoms. The molecule has 6 rings (SSSR count). The van der Waals surface area contributed by atoms with Crippen LogP contribution in [0.5, 0.6) is 5.75 Å². The van der Waals surface area contributed by atoms with Crippen LogP contribution < -0.4 is 0 Å². The maximum atomic E-state index is 10.8. The number of hydrogen-bond acceptors (Lipinski definition) is 2.